The summed E-state index contributed by atoms with van der Waals surface area (Å²) in [5.74, 6) is -7.11. The van der Waals surface area contributed by atoms with Crippen molar-refractivity contribution in [2.24, 2.45) is 0 Å². The Labute approximate surface area is 540 Å². The first kappa shape index (κ1) is 98.7. The van der Waals surface area contributed by atoms with Crippen LogP contribution in [0.2, 0.25) is 0 Å². The maximum atomic E-state index is 11.0. The van der Waals surface area contributed by atoms with Crippen molar-refractivity contribution in [3.05, 3.63) is 64.2 Å². The first-order chi connectivity index (χ1) is 38.6. The molecular weight excluding hydrogens is 1250 g/mol. The fraction of sp³-hybridized carbons (Fsp3) is 0.765. The van der Waals surface area contributed by atoms with E-state index < -0.39 is 35.8 Å². The van der Waals surface area contributed by atoms with Gasteiger partial charge in [-0.15, -0.1) is 0 Å². The zero-order chi connectivity index (χ0) is 61.6. The van der Waals surface area contributed by atoms with Gasteiger partial charge in [0, 0.05) is 12.2 Å². The van der Waals surface area contributed by atoms with Crippen LogP contribution in [0.5, 0.6) is 0 Å². The summed E-state index contributed by atoms with van der Waals surface area (Å²) < 4.78 is 9.70. The van der Waals surface area contributed by atoms with E-state index in [0.717, 1.165) is 63.5 Å². The number of hydrogen-bond acceptors (Lipinski definition) is 12. The summed E-state index contributed by atoms with van der Waals surface area (Å²) in [5.41, 5.74) is 0. The molecule has 0 atom stereocenters. The molecule has 0 fully saturated rings. The van der Waals surface area contributed by atoms with E-state index in [9.17, 15) is 49.2 Å². The van der Waals surface area contributed by atoms with Crippen molar-refractivity contribution in [1.29, 1.82) is 0 Å². The Balaban J connectivity index is -0.000000113. The van der Waals surface area contributed by atoms with Gasteiger partial charge in [0.05, 0.1) is 37.1 Å². The largest absolute Gasteiger partial charge is 2.00 e. The summed E-state index contributed by atoms with van der Waals surface area (Å²) in [6.45, 7) is 29.2. The van der Waals surface area contributed by atoms with Gasteiger partial charge in [-0.05, 0) is 37.1 Å². The van der Waals surface area contributed by atoms with E-state index in [1.165, 1.54) is 231 Å². The van der Waals surface area contributed by atoms with Gasteiger partial charge in [0.2, 0.25) is 0 Å². The molecule has 0 saturated heterocycles. The molecule has 0 aliphatic heterocycles. The minimum Gasteiger partial charge on any atom is -0.545 e. The molecule has 0 spiro atoms. The molecule has 8 radical (unpaired) electrons. The summed E-state index contributed by atoms with van der Waals surface area (Å²) in [4.78, 5) is 61.0. The number of unbranched alkanes of at least 4 members (excludes halogenated alkanes) is 38. The fourth-order valence-electron chi connectivity index (χ4n) is 7.15. The molecule has 0 aromatic rings. The van der Waals surface area contributed by atoms with Crippen molar-refractivity contribution >= 4 is 83.6 Å². The molecule has 0 aliphatic carbocycles. The van der Waals surface area contributed by atoms with Crippen molar-refractivity contribution in [3.8, 4) is 0 Å². The molecule has 0 saturated carbocycles. The van der Waals surface area contributed by atoms with Crippen LogP contribution >= 0.6 is 0 Å². The number of esters is 2. The Morgan fingerprint density at radius 2 is 0.402 bits per heavy atom. The molecule has 0 bridgehead atoms. The Morgan fingerprint density at radius 1 is 0.256 bits per heavy atom. The number of ether oxygens (including phenoxy) is 2. The first-order valence-electron chi connectivity index (χ1n) is 32.0. The van der Waals surface area contributed by atoms with Crippen LogP contribution in [0.1, 0.15) is 324 Å². The zero-order valence-electron chi connectivity index (χ0n) is 53.7. The Hall–Kier alpha value is -2.36. The number of carbonyl (C=O) groups is 6. The number of aliphatic carboxylic acids is 4. The summed E-state index contributed by atoms with van der Waals surface area (Å²) in [5, 5.41) is 38.9. The van der Waals surface area contributed by atoms with Gasteiger partial charge in [-0.25, -0.2) is 9.59 Å². The van der Waals surface area contributed by atoms with Crippen LogP contribution in [0, 0.1) is 27.7 Å². The molecule has 82 heavy (non-hydrogen) atoms. The van der Waals surface area contributed by atoms with E-state index in [1.807, 2.05) is 0 Å². The van der Waals surface area contributed by atoms with Gasteiger partial charge in [-0.3, -0.25) is 0 Å². The van der Waals surface area contributed by atoms with Crippen molar-refractivity contribution in [2.45, 2.75) is 324 Å². The fourth-order valence-corrected chi connectivity index (χ4v) is 7.15. The SMILES string of the molecule is CCCCCCCCCCCCOC(=O)/C=C\C(=O)[O-].CCCCCCCCCCCCOC(=O)/C=C\C(=O)[O-].O=C([O-])/C=C\C(=O)[O-].[CH2]CCCCCCC.[CH2]CCCCCCC.[CH2]CCCCCCC.[CH2]CCCCCCC.[Sn+2].[Sn+2]. The van der Waals surface area contributed by atoms with Crippen LogP contribution < -0.4 is 20.4 Å². The maximum absolute atomic E-state index is 11.0. The van der Waals surface area contributed by atoms with Crippen LogP contribution in [-0.4, -0.2) is 96.8 Å². The van der Waals surface area contributed by atoms with Gasteiger partial charge in [-0.1, -0.05) is 339 Å². The van der Waals surface area contributed by atoms with E-state index >= 15 is 0 Å². The zero-order valence-corrected chi connectivity index (χ0v) is 59.4. The second kappa shape index (κ2) is 97.7. The number of carboxylic acid groups (broad SMARTS) is 4. The van der Waals surface area contributed by atoms with Gasteiger partial charge < -0.3 is 49.1 Å². The molecule has 12 nitrogen and oxygen atoms in total. The van der Waals surface area contributed by atoms with Gasteiger partial charge in [-0.2, -0.15) is 0 Å². The summed E-state index contributed by atoms with van der Waals surface area (Å²) in [6, 6.07) is 0. The van der Waals surface area contributed by atoms with Crippen LogP contribution in [0.3, 0.4) is 0 Å². The average molecular weight is 1370 g/mol. The monoisotopic (exact) mass is 1370 g/mol. The van der Waals surface area contributed by atoms with Crippen LogP contribution in [-0.2, 0) is 38.2 Å². The second-order valence-corrected chi connectivity index (χ2v) is 20.0. The van der Waals surface area contributed by atoms with E-state index in [2.05, 4.69) is 69.2 Å². The summed E-state index contributed by atoms with van der Waals surface area (Å²) in [7, 11) is 0. The minimum absolute atomic E-state index is 0. The van der Waals surface area contributed by atoms with Crippen molar-refractivity contribution in [1.82, 2.24) is 0 Å². The average Bonchev–Trinajstić information content (AvgIpc) is 3.43. The topological polar surface area (TPSA) is 213 Å². The molecular formula is C68H124O12Sn2. The predicted octanol–water partition coefficient (Wildman–Crippen LogP) is 14.5. The molecule has 0 aliphatic rings. The summed E-state index contributed by atoms with van der Waals surface area (Å²) >= 11 is 0. The van der Waals surface area contributed by atoms with E-state index in [-0.39, 0.29) is 47.8 Å². The number of carboxylic acids is 4. The maximum Gasteiger partial charge on any atom is 2.00 e. The van der Waals surface area contributed by atoms with Crippen molar-refractivity contribution < 1.29 is 58.7 Å². The standard InChI is InChI=1S/2C16H28O4.4C8H17.C4H4O4.2Sn/c2*1-2-3-4-5-6-7-8-9-10-11-14-20-16(19)13-12-15(17)18;4*1-3-5-7-8-6-4-2;5-3(6)1-2-4(7)8;;/h2*12-13H,2-11,14H2,1H3,(H,17,18);4*1,3-8H2,2H3;1-2H,(H,5,6)(H,7,8);;/q;;;;;;;2*+2/p-4/b2*13-12-;;;;;2-1-;;. The third-order valence-electron chi connectivity index (χ3n) is 12.0. The molecule has 476 valence electrons. The Bertz CT molecular complexity index is 1190. The van der Waals surface area contributed by atoms with Gasteiger partial charge in [0.15, 0.2) is 0 Å². The second-order valence-electron chi connectivity index (χ2n) is 20.0. The van der Waals surface area contributed by atoms with Crippen molar-refractivity contribution in [2.75, 3.05) is 13.2 Å². The van der Waals surface area contributed by atoms with Crippen molar-refractivity contribution in [3.63, 3.8) is 0 Å². The van der Waals surface area contributed by atoms with E-state index in [1.54, 1.807) is 0 Å². The van der Waals surface area contributed by atoms with Crippen LogP contribution in [0.4, 0.5) is 0 Å². The molecule has 0 amide bonds. The first-order valence-corrected chi connectivity index (χ1v) is 32.0. The Morgan fingerprint density at radius 3 is 0.561 bits per heavy atom. The number of carbonyl (C=O) groups excluding carboxylic acids is 6. The third kappa shape index (κ3) is 133. The van der Waals surface area contributed by atoms with Gasteiger partial charge in [0.1, 0.15) is 0 Å². The predicted molar refractivity (Wildman–Crippen MR) is 339 cm³/mol. The third-order valence-corrected chi connectivity index (χ3v) is 12.0. The molecule has 0 unspecified atom stereocenters. The molecule has 0 N–H and O–H groups in total. The van der Waals surface area contributed by atoms with E-state index in [4.69, 9.17) is 9.47 Å². The smallest absolute Gasteiger partial charge is 0.545 e. The molecule has 14 heteroatoms. The normalized spacial score (nSPS) is 10.0. The minimum atomic E-state index is -1.55. The number of hydrogen-bond donors (Lipinski definition) is 0. The van der Waals surface area contributed by atoms with Crippen LogP contribution in [0.15, 0.2) is 36.5 Å². The van der Waals surface area contributed by atoms with Crippen LogP contribution in [0.25, 0.3) is 0 Å². The van der Waals surface area contributed by atoms with Gasteiger partial charge >= 0.3 is 59.8 Å². The molecule has 0 rings (SSSR count). The molecule has 0 aromatic carbocycles. The molecule has 0 heterocycles. The Kier molecular flexibility index (Phi) is 118. The summed E-state index contributed by atoms with van der Waals surface area (Å²) in [6.07, 6.45) is 60.3. The quantitative estimate of drug-likeness (QED) is 0.0241. The number of rotatable bonds is 48. The van der Waals surface area contributed by atoms with E-state index in [0.29, 0.717) is 37.5 Å². The van der Waals surface area contributed by atoms with Gasteiger partial charge in [0.25, 0.3) is 0 Å². The molecule has 0 aromatic heterocycles.